The summed E-state index contributed by atoms with van der Waals surface area (Å²) in [6.45, 7) is 0. The highest BCUT2D eigenvalue weighted by molar-refractivity contribution is 7.79. The molecule has 0 saturated carbocycles. The molecule has 0 amide bonds. The lowest BCUT2D eigenvalue weighted by Crippen LogP contribution is -1.87. The van der Waals surface area contributed by atoms with Gasteiger partial charge in [0, 0.05) is 29.9 Å². The van der Waals surface area contributed by atoms with Crippen LogP contribution in [0.5, 0.6) is 0 Å². The Labute approximate surface area is 70.3 Å². The summed E-state index contributed by atoms with van der Waals surface area (Å²) in [4.78, 5) is 4.19. The van der Waals surface area contributed by atoms with Gasteiger partial charge in [0.15, 0.2) is 0 Å². The molecule has 0 aliphatic heterocycles. The van der Waals surface area contributed by atoms with Gasteiger partial charge in [-0.2, -0.15) is 0 Å². The van der Waals surface area contributed by atoms with E-state index in [4.69, 9.17) is 12.6 Å². The molecule has 1 radical (unpaired) electrons. The van der Waals surface area contributed by atoms with Crippen molar-refractivity contribution in [1.29, 1.82) is 0 Å². The highest BCUT2D eigenvalue weighted by Crippen LogP contribution is 2.09. The summed E-state index contributed by atoms with van der Waals surface area (Å²) < 4.78 is 1.97. The highest BCUT2D eigenvalue weighted by Gasteiger charge is 1.97. The first kappa shape index (κ1) is 6.73. The third-order valence-corrected chi connectivity index (χ3v) is 1.97. The standard InChI is InChI=1S/C8H7N2S/c11-6-7-2-1-4-10-5-3-9-8(7)10/h1-5H,6H2. The first-order valence-electron chi connectivity index (χ1n) is 3.40. The lowest BCUT2D eigenvalue weighted by molar-refractivity contribution is 1.16. The van der Waals surface area contributed by atoms with Gasteiger partial charge in [-0.25, -0.2) is 4.98 Å². The van der Waals surface area contributed by atoms with Gasteiger partial charge in [-0.15, -0.1) is 0 Å². The van der Waals surface area contributed by atoms with Gasteiger partial charge in [0.05, 0.1) is 0 Å². The molecular weight excluding hydrogens is 156 g/mol. The number of hydrogen-bond acceptors (Lipinski definition) is 1. The van der Waals surface area contributed by atoms with E-state index in [1.807, 2.05) is 28.9 Å². The monoisotopic (exact) mass is 163 g/mol. The van der Waals surface area contributed by atoms with E-state index in [1.54, 1.807) is 6.20 Å². The zero-order valence-electron chi connectivity index (χ0n) is 5.90. The van der Waals surface area contributed by atoms with Gasteiger partial charge in [0.25, 0.3) is 0 Å². The van der Waals surface area contributed by atoms with Gasteiger partial charge in [0.2, 0.25) is 0 Å². The fraction of sp³-hybridized carbons (Fsp3) is 0.125. The van der Waals surface area contributed by atoms with Crippen LogP contribution < -0.4 is 0 Å². The summed E-state index contributed by atoms with van der Waals surface area (Å²) in [6.07, 6.45) is 5.67. The summed E-state index contributed by atoms with van der Waals surface area (Å²) in [6, 6.07) is 3.99. The third kappa shape index (κ3) is 1.01. The summed E-state index contributed by atoms with van der Waals surface area (Å²) in [7, 11) is 0. The molecule has 55 valence electrons. The van der Waals surface area contributed by atoms with Crippen molar-refractivity contribution in [3.05, 3.63) is 36.3 Å². The van der Waals surface area contributed by atoms with Crippen LogP contribution >= 0.6 is 12.6 Å². The second kappa shape index (κ2) is 2.58. The Bertz CT molecular complexity index is 367. The predicted molar refractivity (Wildman–Crippen MR) is 46.5 cm³/mol. The minimum Gasteiger partial charge on any atom is -0.307 e. The molecule has 0 N–H and O–H groups in total. The molecule has 0 bridgehead atoms. The Hall–Kier alpha value is -0.960. The van der Waals surface area contributed by atoms with Crippen LogP contribution in [0.2, 0.25) is 0 Å². The maximum atomic E-state index is 4.96. The topological polar surface area (TPSA) is 17.3 Å². The molecule has 0 aliphatic rings. The summed E-state index contributed by atoms with van der Waals surface area (Å²) in [5.41, 5.74) is 2.09. The molecule has 3 heteroatoms. The second-order valence-electron chi connectivity index (χ2n) is 2.34. The molecule has 2 heterocycles. The molecule has 11 heavy (non-hydrogen) atoms. The van der Waals surface area contributed by atoms with Crippen LogP contribution in [-0.4, -0.2) is 9.38 Å². The van der Waals surface area contributed by atoms with Crippen LogP contribution in [0.4, 0.5) is 0 Å². The average Bonchev–Trinajstić information content (AvgIpc) is 2.50. The number of nitrogens with zero attached hydrogens (tertiary/aromatic N) is 2. The van der Waals surface area contributed by atoms with Crippen molar-refractivity contribution in [2.24, 2.45) is 0 Å². The molecule has 0 saturated heterocycles. The van der Waals surface area contributed by atoms with E-state index >= 15 is 0 Å². The van der Waals surface area contributed by atoms with Crippen molar-refractivity contribution in [3.63, 3.8) is 0 Å². The Morgan fingerprint density at radius 2 is 2.36 bits per heavy atom. The molecule has 2 nitrogen and oxygen atoms in total. The minimum absolute atomic E-state index is 0.626. The van der Waals surface area contributed by atoms with Gasteiger partial charge < -0.3 is 4.40 Å². The van der Waals surface area contributed by atoms with E-state index in [0.29, 0.717) is 5.75 Å². The van der Waals surface area contributed by atoms with Crippen molar-refractivity contribution in [2.45, 2.75) is 5.75 Å². The zero-order valence-corrected chi connectivity index (χ0v) is 6.71. The fourth-order valence-corrected chi connectivity index (χ4v) is 1.35. The van der Waals surface area contributed by atoms with Crippen molar-refractivity contribution < 1.29 is 0 Å². The summed E-state index contributed by atoms with van der Waals surface area (Å²) in [5, 5.41) is 0. The first-order chi connectivity index (χ1) is 5.42. The van der Waals surface area contributed by atoms with E-state index < -0.39 is 0 Å². The van der Waals surface area contributed by atoms with E-state index in [2.05, 4.69) is 4.98 Å². The van der Waals surface area contributed by atoms with Crippen molar-refractivity contribution >= 4 is 18.3 Å². The van der Waals surface area contributed by atoms with Crippen molar-refractivity contribution in [3.8, 4) is 0 Å². The van der Waals surface area contributed by atoms with Crippen LogP contribution in [0.15, 0.2) is 30.7 Å². The molecule has 0 spiro atoms. The van der Waals surface area contributed by atoms with Crippen LogP contribution in [0.1, 0.15) is 5.56 Å². The van der Waals surface area contributed by atoms with Crippen molar-refractivity contribution in [1.82, 2.24) is 9.38 Å². The van der Waals surface area contributed by atoms with E-state index in [1.165, 1.54) is 0 Å². The van der Waals surface area contributed by atoms with E-state index in [-0.39, 0.29) is 0 Å². The number of fused-ring (bicyclic) bond motifs is 1. The van der Waals surface area contributed by atoms with Gasteiger partial charge in [-0.05, 0) is 6.07 Å². The van der Waals surface area contributed by atoms with E-state index in [0.717, 1.165) is 11.2 Å². The molecule has 0 atom stereocenters. The number of pyridine rings is 1. The van der Waals surface area contributed by atoms with Crippen LogP contribution in [0.3, 0.4) is 0 Å². The van der Waals surface area contributed by atoms with Crippen LogP contribution in [0.25, 0.3) is 5.65 Å². The Morgan fingerprint density at radius 3 is 3.18 bits per heavy atom. The third-order valence-electron chi connectivity index (χ3n) is 1.66. The SMILES string of the molecule is [S]Cc1cccn2ccnc12. The smallest absolute Gasteiger partial charge is 0.140 e. The quantitative estimate of drug-likeness (QED) is 0.628. The molecule has 0 fully saturated rings. The zero-order chi connectivity index (χ0) is 7.68. The predicted octanol–water partition coefficient (Wildman–Crippen LogP) is 2.03. The largest absolute Gasteiger partial charge is 0.307 e. The average molecular weight is 163 g/mol. The first-order valence-corrected chi connectivity index (χ1v) is 3.98. The van der Waals surface area contributed by atoms with Gasteiger partial charge >= 0.3 is 0 Å². The van der Waals surface area contributed by atoms with Crippen LogP contribution in [-0.2, 0) is 5.75 Å². The number of aromatic nitrogens is 2. The van der Waals surface area contributed by atoms with Gasteiger partial charge in [-0.3, -0.25) is 0 Å². The van der Waals surface area contributed by atoms with Gasteiger partial charge in [-0.1, -0.05) is 18.7 Å². The minimum atomic E-state index is 0.626. The maximum Gasteiger partial charge on any atom is 0.140 e. The van der Waals surface area contributed by atoms with Gasteiger partial charge in [0.1, 0.15) is 5.65 Å². The summed E-state index contributed by atoms with van der Waals surface area (Å²) in [5.74, 6) is 0.626. The number of hydrogen-bond donors (Lipinski definition) is 0. The van der Waals surface area contributed by atoms with Crippen molar-refractivity contribution in [2.75, 3.05) is 0 Å². The Morgan fingerprint density at radius 1 is 1.45 bits per heavy atom. The fourth-order valence-electron chi connectivity index (χ4n) is 1.12. The molecule has 2 aromatic rings. The summed E-state index contributed by atoms with van der Waals surface area (Å²) >= 11 is 4.96. The molecular formula is C8H7N2S. The Kier molecular flexibility index (Phi) is 1.58. The molecule has 2 aromatic heterocycles. The number of imidazole rings is 1. The Balaban J connectivity index is 2.79. The second-order valence-corrected chi connectivity index (χ2v) is 2.62. The molecule has 0 aromatic carbocycles. The lowest BCUT2D eigenvalue weighted by Gasteiger charge is -1.97. The van der Waals surface area contributed by atoms with Crippen LogP contribution in [0, 0.1) is 0 Å². The molecule has 2 rings (SSSR count). The maximum absolute atomic E-state index is 4.96. The highest BCUT2D eigenvalue weighted by atomic mass is 32.1. The normalized spacial score (nSPS) is 10.6. The van der Waals surface area contributed by atoms with E-state index in [9.17, 15) is 0 Å². The number of rotatable bonds is 1. The molecule has 0 aliphatic carbocycles. The molecule has 0 unspecified atom stereocenters. The lowest BCUT2D eigenvalue weighted by atomic mass is 10.3.